The number of benzene rings is 2. The fourth-order valence-corrected chi connectivity index (χ4v) is 9.04. The van der Waals surface area contributed by atoms with E-state index >= 15 is 0 Å². The number of carbonyl (C=O) groups excluding carboxylic acids is 2. The van der Waals surface area contributed by atoms with Gasteiger partial charge in [0.2, 0.25) is 5.88 Å². The van der Waals surface area contributed by atoms with Crippen LogP contribution in [0.5, 0.6) is 5.88 Å². The minimum atomic E-state index is -4.44. The Morgan fingerprint density at radius 3 is 2.45 bits per heavy atom. The summed E-state index contributed by atoms with van der Waals surface area (Å²) < 4.78 is 34.9. The molecule has 13 heteroatoms. The number of aromatic nitrogens is 1. The molecule has 0 aliphatic carbocycles. The number of nitrogens with one attached hydrogen (secondary N) is 1. The zero-order valence-corrected chi connectivity index (χ0v) is 27.2. The Morgan fingerprint density at radius 1 is 1.04 bits per heavy atom. The molecular formula is C34H37N7O5S. The number of urea groups is 1. The van der Waals surface area contributed by atoms with Gasteiger partial charge in [-0.1, -0.05) is 18.2 Å². The van der Waals surface area contributed by atoms with Crippen LogP contribution in [-0.2, 0) is 20.4 Å². The Kier molecular flexibility index (Phi) is 7.69. The quantitative estimate of drug-likeness (QED) is 0.407. The number of anilines is 1. The molecule has 3 saturated heterocycles. The summed E-state index contributed by atoms with van der Waals surface area (Å²) in [6.45, 7) is 7.03. The lowest BCUT2D eigenvalue weighted by atomic mass is 9.71. The fraction of sp³-hybridized carbons (Fsp3) is 0.412. The zero-order chi connectivity index (χ0) is 33.0. The van der Waals surface area contributed by atoms with Gasteiger partial charge in [0, 0.05) is 49.4 Å². The summed E-state index contributed by atoms with van der Waals surface area (Å²) in [5.41, 5.74) is -1.49. The summed E-state index contributed by atoms with van der Waals surface area (Å²) in [7, 11) is -2.29. The third kappa shape index (κ3) is 5.02. The molecule has 4 aliphatic heterocycles. The molecular weight excluding hydrogens is 618 g/mol. The number of hydrogen-bond donors (Lipinski definition) is 1. The van der Waals surface area contributed by atoms with E-state index < -0.39 is 27.5 Å². The molecule has 3 amide bonds. The van der Waals surface area contributed by atoms with E-state index in [9.17, 15) is 23.3 Å². The highest BCUT2D eigenvalue weighted by Gasteiger charge is 2.61. The molecule has 2 aromatic carbocycles. The molecule has 1 N–H and O–H groups in total. The molecule has 4 aliphatic rings. The molecule has 12 nitrogen and oxygen atoms in total. The number of amides is 3. The Balaban J connectivity index is 1.25. The van der Waals surface area contributed by atoms with Crippen molar-refractivity contribution in [1.29, 1.82) is 5.26 Å². The van der Waals surface area contributed by atoms with Crippen LogP contribution in [0, 0.1) is 16.7 Å². The van der Waals surface area contributed by atoms with Crippen LogP contribution in [0.3, 0.4) is 0 Å². The molecule has 0 radical (unpaired) electrons. The number of nitrogens with zero attached hydrogens (tertiary/aromatic N) is 6. The normalized spacial score (nSPS) is 22.7. The van der Waals surface area contributed by atoms with Gasteiger partial charge in [0.1, 0.15) is 0 Å². The minimum absolute atomic E-state index is 0.00684. The van der Waals surface area contributed by atoms with E-state index in [4.69, 9.17) is 4.74 Å². The van der Waals surface area contributed by atoms with Crippen LogP contribution in [0.1, 0.15) is 36.5 Å². The minimum Gasteiger partial charge on any atom is -0.478 e. The monoisotopic (exact) mass is 655 g/mol. The lowest BCUT2D eigenvalue weighted by molar-refractivity contribution is -0.124. The van der Waals surface area contributed by atoms with Crippen molar-refractivity contribution >= 4 is 27.6 Å². The van der Waals surface area contributed by atoms with E-state index in [0.29, 0.717) is 19.1 Å². The van der Waals surface area contributed by atoms with Gasteiger partial charge in [0.15, 0.2) is 5.54 Å². The van der Waals surface area contributed by atoms with E-state index in [1.165, 1.54) is 36.5 Å². The molecule has 7 rings (SSSR count). The molecule has 3 fully saturated rings. The number of ether oxygens (including phenoxy) is 1. The highest BCUT2D eigenvalue weighted by atomic mass is 32.2. The molecule has 244 valence electrons. The van der Waals surface area contributed by atoms with Crippen LogP contribution in [0.2, 0.25) is 0 Å². The first-order valence-corrected chi connectivity index (χ1v) is 17.3. The lowest BCUT2D eigenvalue weighted by Crippen LogP contribution is -2.76. The number of carbonyl (C=O) groups is 2. The van der Waals surface area contributed by atoms with E-state index in [0.717, 1.165) is 43.3 Å². The fourth-order valence-electron chi connectivity index (χ4n) is 7.55. The van der Waals surface area contributed by atoms with Gasteiger partial charge in [-0.2, -0.15) is 9.57 Å². The second-order valence-electron chi connectivity index (χ2n) is 13.0. The molecule has 47 heavy (non-hydrogen) atoms. The van der Waals surface area contributed by atoms with Crippen molar-refractivity contribution in [3.8, 4) is 11.9 Å². The van der Waals surface area contributed by atoms with Crippen LogP contribution in [0.15, 0.2) is 71.8 Å². The third-order valence-electron chi connectivity index (χ3n) is 9.91. The first kappa shape index (κ1) is 31.1. The predicted molar refractivity (Wildman–Crippen MR) is 173 cm³/mol. The number of sulfonamides is 1. The topological polar surface area (TPSA) is 139 Å². The maximum atomic E-state index is 14.9. The van der Waals surface area contributed by atoms with Gasteiger partial charge in [-0.05, 0) is 82.4 Å². The Bertz CT molecular complexity index is 1860. The van der Waals surface area contributed by atoms with Gasteiger partial charge in [-0.25, -0.2) is 18.2 Å². The highest BCUT2D eigenvalue weighted by Crippen LogP contribution is 2.50. The summed E-state index contributed by atoms with van der Waals surface area (Å²) in [5.74, 6) is -0.843. The van der Waals surface area contributed by atoms with Gasteiger partial charge < -0.3 is 19.9 Å². The van der Waals surface area contributed by atoms with Gasteiger partial charge in [0.25, 0.3) is 15.9 Å². The van der Waals surface area contributed by atoms with Crippen molar-refractivity contribution in [1.82, 2.24) is 25.0 Å². The van der Waals surface area contributed by atoms with Crippen LogP contribution < -0.4 is 14.4 Å². The summed E-state index contributed by atoms with van der Waals surface area (Å²) in [4.78, 5) is 39.9. The van der Waals surface area contributed by atoms with Crippen molar-refractivity contribution in [3.63, 3.8) is 0 Å². The smallest absolute Gasteiger partial charge is 0.318 e. The molecule has 5 heterocycles. The first-order valence-electron chi connectivity index (χ1n) is 15.9. The van der Waals surface area contributed by atoms with Gasteiger partial charge in [0.05, 0.1) is 34.4 Å². The van der Waals surface area contributed by atoms with E-state index in [2.05, 4.69) is 33.2 Å². The molecule has 3 aromatic rings. The Morgan fingerprint density at radius 2 is 1.77 bits per heavy atom. The van der Waals surface area contributed by atoms with E-state index in [-0.39, 0.29) is 45.2 Å². The number of piperidine rings is 1. The van der Waals surface area contributed by atoms with E-state index in [1.54, 1.807) is 42.2 Å². The second-order valence-corrected chi connectivity index (χ2v) is 14.8. The maximum Gasteiger partial charge on any atom is 0.318 e. The molecule has 1 spiro atoms. The number of fused-ring (bicyclic) bond motifs is 1. The SMILES string of the molecule is CCOc1ncccc1[C@@]1(NC(=O)N2CC3(C2)CN(C2CCN(C)CC2)C3)C(=O)N(S(=O)(=O)c2ccccc2)c2ccc(C#N)cc21. The second kappa shape index (κ2) is 11.6. The highest BCUT2D eigenvalue weighted by molar-refractivity contribution is 7.93. The van der Waals surface area contributed by atoms with Gasteiger partial charge >= 0.3 is 6.03 Å². The van der Waals surface area contributed by atoms with Crippen LogP contribution >= 0.6 is 0 Å². The number of nitriles is 1. The van der Waals surface area contributed by atoms with Crippen molar-refractivity contribution in [2.75, 3.05) is 57.2 Å². The number of hydrogen-bond acceptors (Lipinski definition) is 9. The third-order valence-corrected chi connectivity index (χ3v) is 11.6. The van der Waals surface area contributed by atoms with E-state index in [1.807, 2.05) is 0 Å². The number of likely N-dealkylation sites (tertiary alicyclic amines) is 3. The summed E-state index contributed by atoms with van der Waals surface area (Å²) in [6, 6.07) is 17.3. The van der Waals surface area contributed by atoms with Gasteiger partial charge in [-0.3, -0.25) is 9.69 Å². The van der Waals surface area contributed by atoms with Crippen LogP contribution in [0.4, 0.5) is 10.5 Å². The maximum absolute atomic E-state index is 14.9. The Labute approximate surface area is 274 Å². The van der Waals surface area contributed by atoms with Crippen molar-refractivity contribution in [2.45, 2.75) is 36.2 Å². The Hall–Kier alpha value is -4.51. The molecule has 0 saturated carbocycles. The summed E-state index contributed by atoms with van der Waals surface area (Å²) >= 11 is 0. The van der Waals surface area contributed by atoms with Crippen LogP contribution in [0.25, 0.3) is 0 Å². The number of pyridine rings is 1. The average molecular weight is 656 g/mol. The summed E-state index contributed by atoms with van der Waals surface area (Å²) in [6.07, 6.45) is 3.78. The molecule has 1 aromatic heterocycles. The first-order chi connectivity index (χ1) is 22.6. The number of rotatable bonds is 7. The molecule has 1 atom stereocenters. The average Bonchev–Trinajstić information content (AvgIpc) is 3.29. The standard InChI is InChI=1S/C34H37N7O5S/c1-3-46-30-27(10-7-15-36-30)34(37-32(43)40-22-33(23-40)20-39(21-33)25-13-16-38(2)17-14-25)28-18-24(19-35)11-12-29(28)41(31(34)42)47(44,45)26-8-5-4-6-9-26/h4-12,15,18,25H,3,13-14,16-17,20-23H2,1-2H3,(H,37,43)/t34-/m0/s1. The molecule has 0 unspecified atom stereocenters. The van der Waals surface area contributed by atoms with Gasteiger partial charge in [-0.15, -0.1) is 0 Å². The zero-order valence-electron chi connectivity index (χ0n) is 26.4. The van der Waals surface area contributed by atoms with Crippen molar-refractivity contribution < 1.29 is 22.7 Å². The van der Waals surface area contributed by atoms with Crippen LogP contribution in [-0.4, -0.2) is 99.0 Å². The summed E-state index contributed by atoms with van der Waals surface area (Å²) in [5, 5.41) is 12.8. The predicted octanol–water partition coefficient (Wildman–Crippen LogP) is 2.75. The van der Waals surface area contributed by atoms with Crippen molar-refractivity contribution in [2.24, 2.45) is 5.41 Å². The van der Waals surface area contributed by atoms with Crippen molar-refractivity contribution in [3.05, 3.63) is 83.6 Å². The largest absolute Gasteiger partial charge is 0.478 e. The molecule has 0 bridgehead atoms. The lowest BCUT2D eigenvalue weighted by Gasteiger charge is -2.62.